The van der Waals surface area contributed by atoms with E-state index in [-0.39, 0.29) is 18.7 Å². The highest BCUT2D eigenvalue weighted by Crippen LogP contribution is 2.32. The number of hydrogen-bond acceptors (Lipinski definition) is 4. The molecule has 1 atom stereocenters. The van der Waals surface area contributed by atoms with Crippen LogP contribution >= 0.6 is 0 Å². The number of quaternary nitrogens is 1. The number of rotatable bonds is 7. The van der Waals surface area contributed by atoms with Crippen molar-refractivity contribution in [3.63, 3.8) is 0 Å². The molecule has 0 bridgehead atoms. The smallest absolute Gasteiger partial charge is 0.275 e. The molecular formula is C21H21N2O4+. The van der Waals surface area contributed by atoms with Crippen LogP contribution in [0.1, 0.15) is 22.9 Å². The van der Waals surface area contributed by atoms with E-state index < -0.39 is 0 Å². The number of hydrogen-bond donors (Lipinski definition) is 2. The van der Waals surface area contributed by atoms with Crippen LogP contribution in [0.2, 0.25) is 0 Å². The van der Waals surface area contributed by atoms with Gasteiger partial charge in [-0.3, -0.25) is 4.79 Å². The van der Waals surface area contributed by atoms with E-state index in [1.54, 1.807) is 6.26 Å². The molecule has 3 N–H and O–H groups in total. The number of carbonyl (C=O) groups is 1. The summed E-state index contributed by atoms with van der Waals surface area (Å²) >= 11 is 0. The molecule has 1 aromatic heterocycles. The van der Waals surface area contributed by atoms with Gasteiger partial charge in [0.05, 0.1) is 6.26 Å². The molecule has 1 aliphatic heterocycles. The molecule has 6 heteroatoms. The minimum atomic E-state index is -0.0579. The van der Waals surface area contributed by atoms with Crippen molar-refractivity contribution < 1.29 is 24.0 Å². The zero-order chi connectivity index (χ0) is 18.5. The second-order valence-electron chi connectivity index (χ2n) is 6.31. The third-order valence-corrected chi connectivity index (χ3v) is 4.47. The van der Waals surface area contributed by atoms with Crippen LogP contribution in [0.15, 0.2) is 71.3 Å². The average Bonchev–Trinajstić information content (AvgIpc) is 3.39. The lowest BCUT2D eigenvalue weighted by Gasteiger charge is -2.14. The van der Waals surface area contributed by atoms with Crippen molar-refractivity contribution >= 4 is 5.91 Å². The molecule has 0 aliphatic carbocycles. The van der Waals surface area contributed by atoms with Gasteiger partial charge in [0.2, 0.25) is 6.79 Å². The molecule has 2 aromatic carbocycles. The Bertz CT molecular complexity index is 894. The first-order valence-corrected chi connectivity index (χ1v) is 8.86. The third kappa shape index (κ3) is 4.12. The Morgan fingerprint density at radius 2 is 1.89 bits per heavy atom. The SMILES string of the molecule is O=C(C[NH2+][C@@H](c1ccccc1)c1ccco1)NCc1ccc2c(c1)OCO2. The maximum atomic E-state index is 12.3. The quantitative estimate of drug-likeness (QED) is 0.671. The lowest BCUT2D eigenvalue weighted by atomic mass is 10.0. The standard InChI is InChI=1S/C21H20N2O4/c24-20(22-12-15-8-9-17-19(11-15)27-14-26-17)13-23-21(18-7-4-10-25-18)16-5-2-1-3-6-16/h1-11,21,23H,12-14H2,(H,22,24)/p+1/t21-/m0/s1. The van der Waals surface area contributed by atoms with E-state index in [0.29, 0.717) is 13.1 Å². The second-order valence-corrected chi connectivity index (χ2v) is 6.31. The van der Waals surface area contributed by atoms with Crippen LogP contribution in [0.3, 0.4) is 0 Å². The highest BCUT2D eigenvalue weighted by molar-refractivity contribution is 5.76. The molecule has 2 heterocycles. The van der Waals surface area contributed by atoms with Crippen molar-refractivity contribution in [1.82, 2.24) is 5.32 Å². The minimum absolute atomic E-state index is 0.0415. The number of nitrogens with two attached hydrogens (primary N) is 1. The number of amides is 1. The van der Waals surface area contributed by atoms with E-state index in [9.17, 15) is 4.79 Å². The monoisotopic (exact) mass is 365 g/mol. The Morgan fingerprint density at radius 3 is 2.70 bits per heavy atom. The molecule has 0 spiro atoms. The predicted octanol–water partition coefficient (Wildman–Crippen LogP) is 1.98. The number of ether oxygens (including phenoxy) is 2. The maximum absolute atomic E-state index is 12.3. The highest BCUT2D eigenvalue weighted by atomic mass is 16.7. The fourth-order valence-electron chi connectivity index (χ4n) is 3.09. The van der Waals surface area contributed by atoms with Gasteiger partial charge in [-0.05, 0) is 29.8 Å². The summed E-state index contributed by atoms with van der Waals surface area (Å²) in [6.07, 6.45) is 1.65. The summed E-state index contributed by atoms with van der Waals surface area (Å²) in [6.45, 7) is 0.985. The summed E-state index contributed by atoms with van der Waals surface area (Å²) < 4.78 is 16.2. The Hall–Kier alpha value is -3.25. The molecule has 1 aliphatic rings. The Balaban J connectivity index is 1.34. The number of furan rings is 1. The molecule has 4 rings (SSSR count). The first kappa shape index (κ1) is 17.2. The molecule has 27 heavy (non-hydrogen) atoms. The van der Waals surface area contributed by atoms with E-state index in [1.165, 1.54) is 0 Å². The summed E-state index contributed by atoms with van der Waals surface area (Å²) in [5.41, 5.74) is 2.06. The first-order chi connectivity index (χ1) is 13.3. The number of fused-ring (bicyclic) bond motifs is 1. The van der Waals surface area contributed by atoms with Gasteiger partial charge in [0, 0.05) is 12.1 Å². The average molecular weight is 365 g/mol. The molecule has 138 valence electrons. The van der Waals surface area contributed by atoms with Crippen LogP contribution < -0.4 is 20.1 Å². The Kier molecular flexibility index (Phi) is 5.07. The van der Waals surface area contributed by atoms with Gasteiger partial charge in [-0.25, -0.2) is 0 Å². The first-order valence-electron chi connectivity index (χ1n) is 8.86. The van der Waals surface area contributed by atoms with Crippen molar-refractivity contribution in [2.24, 2.45) is 0 Å². The van der Waals surface area contributed by atoms with E-state index in [1.807, 2.05) is 66.0 Å². The molecule has 1 amide bonds. The summed E-state index contributed by atoms with van der Waals surface area (Å²) in [5.74, 6) is 2.24. The second kappa shape index (κ2) is 7.97. The third-order valence-electron chi connectivity index (χ3n) is 4.47. The van der Waals surface area contributed by atoms with E-state index in [0.717, 1.165) is 28.4 Å². The van der Waals surface area contributed by atoms with Crippen LogP contribution in [-0.2, 0) is 11.3 Å². The van der Waals surface area contributed by atoms with Crippen LogP contribution in [0.4, 0.5) is 0 Å². The van der Waals surface area contributed by atoms with Crippen molar-refractivity contribution in [3.05, 3.63) is 83.8 Å². The topological polar surface area (TPSA) is 77.3 Å². The number of carbonyl (C=O) groups excluding carboxylic acids is 1. The van der Waals surface area contributed by atoms with E-state index in [2.05, 4.69) is 5.32 Å². The summed E-state index contributed by atoms with van der Waals surface area (Å²) in [4.78, 5) is 12.3. The molecular weight excluding hydrogens is 344 g/mol. The number of nitrogens with one attached hydrogen (secondary N) is 1. The fourth-order valence-corrected chi connectivity index (χ4v) is 3.09. The van der Waals surface area contributed by atoms with E-state index >= 15 is 0 Å². The largest absolute Gasteiger partial charge is 0.463 e. The fraction of sp³-hybridized carbons (Fsp3) is 0.190. The zero-order valence-electron chi connectivity index (χ0n) is 14.8. The van der Waals surface area contributed by atoms with Crippen molar-refractivity contribution in [2.45, 2.75) is 12.6 Å². The molecule has 6 nitrogen and oxygen atoms in total. The van der Waals surface area contributed by atoms with Gasteiger partial charge in [-0.1, -0.05) is 36.4 Å². The molecule has 0 saturated carbocycles. The van der Waals surface area contributed by atoms with Crippen LogP contribution in [0.5, 0.6) is 11.5 Å². The van der Waals surface area contributed by atoms with E-state index in [4.69, 9.17) is 13.9 Å². The zero-order valence-corrected chi connectivity index (χ0v) is 14.8. The summed E-state index contributed by atoms with van der Waals surface area (Å²) in [7, 11) is 0. The minimum Gasteiger partial charge on any atom is -0.463 e. The Labute approximate surface area is 157 Å². The lowest BCUT2D eigenvalue weighted by molar-refractivity contribution is -0.678. The van der Waals surface area contributed by atoms with Crippen molar-refractivity contribution in [2.75, 3.05) is 13.3 Å². The normalized spacial score (nSPS) is 13.3. The lowest BCUT2D eigenvalue weighted by Crippen LogP contribution is -2.87. The van der Waals surface area contributed by atoms with Gasteiger partial charge in [-0.15, -0.1) is 0 Å². The highest BCUT2D eigenvalue weighted by Gasteiger charge is 2.21. The molecule has 0 saturated heterocycles. The van der Waals surface area contributed by atoms with Crippen LogP contribution in [0, 0.1) is 0 Å². The van der Waals surface area contributed by atoms with Crippen LogP contribution in [-0.4, -0.2) is 19.2 Å². The molecule has 0 unspecified atom stereocenters. The van der Waals surface area contributed by atoms with Crippen molar-refractivity contribution in [1.29, 1.82) is 0 Å². The maximum Gasteiger partial charge on any atom is 0.275 e. The molecule has 3 aromatic rings. The predicted molar refractivity (Wildman–Crippen MR) is 98.2 cm³/mol. The van der Waals surface area contributed by atoms with Crippen molar-refractivity contribution in [3.8, 4) is 11.5 Å². The van der Waals surface area contributed by atoms with Gasteiger partial charge < -0.3 is 24.5 Å². The van der Waals surface area contributed by atoms with Gasteiger partial charge in [0.1, 0.15) is 0 Å². The molecule has 0 fully saturated rings. The van der Waals surface area contributed by atoms with Gasteiger partial charge in [-0.2, -0.15) is 0 Å². The number of benzene rings is 2. The van der Waals surface area contributed by atoms with Gasteiger partial charge >= 0.3 is 0 Å². The molecule has 0 radical (unpaired) electrons. The Morgan fingerprint density at radius 1 is 1.04 bits per heavy atom. The summed E-state index contributed by atoms with van der Waals surface area (Å²) in [6, 6.07) is 19.4. The summed E-state index contributed by atoms with van der Waals surface area (Å²) in [5, 5.41) is 4.92. The van der Waals surface area contributed by atoms with Gasteiger partial charge in [0.25, 0.3) is 5.91 Å². The van der Waals surface area contributed by atoms with Gasteiger partial charge in [0.15, 0.2) is 29.8 Å². The van der Waals surface area contributed by atoms with Crippen LogP contribution in [0.25, 0.3) is 0 Å².